The van der Waals surface area contributed by atoms with Crippen LogP contribution in [-0.4, -0.2) is 22.6 Å². The zero-order chi connectivity index (χ0) is 12.3. The van der Waals surface area contributed by atoms with Gasteiger partial charge in [0.15, 0.2) is 5.69 Å². The van der Waals surface area contributed by atoms with Crippen LogP contribution in [0.15, 0.2) is 12.2 Å². The van der Waals surface area contributed by atoms with Crippen LogP contribution in [0.1, 0.15) is 35.4 Å². The third-order valence-electron chi connectivity index (χ3n) is 3.14. The van der Waals surface area contributed by atoms with Gasteiger partial charge in [-0.2, -0.15) is 5.10 Å². The van der Waals surface area contributed by atoms with Crippen molar-refractivity contribution in [2.45, 2.75) is 26.2 Å². The minimum atomic E-state index is -0.193. The molecular formula is C12H18N4O. The number of hydrogen-bond acceptors (Lipinski definition) is 3. The van der Waals surface area contributed by atoms with Gasteiger partial charge in [-0.3, -0.25) is 9.89 Å². The maximum atomic E-state index is 11.8. The maximum Gasteiger partial charge on any atom is 0.273 e. The molecule has 0 fully saturated rings. The van der Waals surface area contributed by atoms with Crippen LogP contribution in [-0.2, 0) is 0 Å². The van der Waals surface area contributed by atoms with Gasteiger partial charge in [0.2, 0.25) is 0 Å². The Labute approximate surface area is 100 Å². The smallest absolute Gasteiger partial charge is 0.273 e. The summed E-state index contributed by atoms with van der Waals surface area (Å²) in [6, 6.07) is 0. The zero-order valence-electron chi connectivity index (χ0n) is 9.99. The first kappa shape index (κ1) is 11.7. The number of hydrogen-bond donors (Lipinski definition) is 3. The fourth-order valence-corrected chi connectivity index (χ4v) is 1.97. The number of anilines is 1. The predicted molar refractivity (Wildman–Crippen MR) is 66.6 cm³/mol. The van der Waals surface area contributed by atoms with Gasteiger partial charge in [-0.15, -0.1) is 0 Å². The van der Waals surface area contributed by atoms with E-state index in [9.17, 15) is 4.79 Å². The number of nitrogen functional groups attached to an aromatic ring is 1. The van der Waals surface area contributed by atoms with E-state index in [4.69, 9.17) is 5.73 Å². The lowest BCUT2D eigenvalue weighted by Crippen LogP contribution is -2.30. The lowest BCUT2D eigenvalue weighted by Gasteiger charge is -2.17. The van der Waals surface area contributed by atoms with E-state index in [0.29, 0.717) is 23.8 Å². The number of rotatable bonds is 3. The van der Waals surface area contributed by atoms with Crippen molar-refractivity contribution >= 4 is 11.6 Å². The molecule has 1 amide bonds. The van der Waals surface area contributed by atoms with Crippen molar-refractivity contribution in [3.05, 3.63) is 23.5 Å². The van der Waals surface area contributed by atoms with E-state index in [1.54, 1.807) is 6.92 Å². The second-order valence-corrected chi connectivity index (χ2v) is 4.47. The molecule has 0 aliphatic heterocycles. The summed E-state index contributed by atoms with van der Waals surface area (Å²) >= 11 is 0. The van der Waals surface area contributed by atoms with Crippen molar-refractivity contribution in [3.63, 3.8) is 0 Å². The van der Waals surface area contributed by atoms with Crippen molar-refractivity contribution in [2.75, 3.05) is 12.3 Å². The van der Waals surface area contributed by atoms with Gasteiger partial charge >= 0.3 is 0 Å². The molecule has 17 heavy (non-hydrogen) atoms. The number of aromatic amines is 1. The van der Waals surface area contributed by atoms with Crippen molar-refractivity contribution in [1.82, 2.24) is 15.5 Å². The molecule has 1 atom stereocenters. The van der Waals surface area contributed by atoms with Gasteiger partial charge in [-0.25, -0.2) is 0 Å². The summed E-state index contributed by atoms with van der Waals surface area (Å²) in [5.41, 5.74) is 7.21. The van der Waals surface area contributed by atoms with Gasteiger partial charge < -0.3 is 11.1 Å². The maximum absolute atomic E-state index is 11.8. The molecule has 92 valence electrons. The molecule has 5 heteroatoms. The normalized spacial score (nSPS) is 19.2. The highest BCUT2D eigenvalue weighted by Gasteiger charge is 2.17. The summed E-state index contributed by atoms with van der Waals surface area (Å²) in [7, 11) is 0. The summed E-state index contributed by atoms with van der Waals surface area (Å²) in [6.07, 6.45) is 7.63. The van der Waals surface area contributed by atoms with Crippen LogP contribution in [0, 0.1) is 12.8 Å². The third kappa shape index (κ3) is 2.67. The van der Waals surface area contributed by atoms with E-state index < -0.39 is 0 Å². The first-order valence-corrected chi connectivity index (χ1v) is 5.92. The number of allylic oxidation sites excluding steroid dienone is 2. The van der Waals surface area contributed by atoms with Crippen molar-refractivity contribution < 1.29 is 4.79 Å². The van der Waals surface area contributed by atoms with Gasteiger partial charge in [0.25, 0.3) is 5.91 Å². The summed E-state index contributed by atoms with van der Waals surface area (Å²) in [5, 5.41) is 9.50. The highest BCUT2D eigenvalue weighted by atomic mass is 16.1. The Hall–Kier alpha value is -1.78. The van der Waals surface area contributed by atoms with E-state index in [0.717, 1.165) is 25.0 Å². The molecule has 0 bridgehead atoms. The number of amides is 1. The molecule has 1 aromatic heterocycles. The molecular weight excluding hydrogens is 216 g/mol. The van der Waals surface area contributed by atoms with Crippen LogP contribution in [0.3, 0.4) is 0 Å². The summed E-state index contributed by atoms with van der Waals surface area (Å²) in [6.45, 7) is 2.49. The second kappa shape index (κ2) is 5.03. The molecule has 4 N–H and O–H groups in total. The average Bonchev–Trinajstić information content (AvgIpc) is 2.69. The van der Waals surface area contributed by atoms with Crippen molar-refractivity contribution in [1.29, 1.82) is 0 Å². The number of aryl methyl sites for hydroxylation is 1. The average molecular weight is 234 g/mol. The van der Waals surface area contributed by atoms with Crippen molar-refractivity contribution in [3.8, 4) is 0 Å². The highest BCUT2D eigenvalue weighted by Crippen LogP contribution is 2.17. The van der Waals surface area contributed by atoms with Crippen LogP contribution < -0.4 is 11.1 Å². The fourth-order valence-electron chi connectivity index (χ4n) is 1.97. The lowest BCUT2D eigenvalue weighted by molar-refractivity contribution is 0.0942. The molecule has 1 aliphatic rings. The molecule has 1 unspecified atom stereocenters. The molecule has 1 heterocycles. The first-order chi connectivity index (χ1) is 8.18. The van der Waals surface area contributed by atoms with Gasteiger partial charge in [0, 0.05) is 6.54 Å². The number of carbonyl (C=O) groups excluding carboxylic acids is 1. The highest BCUT2D eigenvalue weighted by molar-refractivity contribution is 5.97. The Morgan fingerprint density at radius 3 is 3.06 bits per heavy atom. The Bertz CT molecular complexity index is 436. The first-order valence-electron chi connectivity index (χ1n) is 5.92. The number of nitrogens with zero attached hydrogens (tertiary/aromatic N) is 1. The molecule has 0 saturated carbocycles. The Balaban J connectivity index is 1.89. The van der Waals surface area contributed by atoms with E-state index in [2.05, 4.69) is 27.7 Å². The van der Waals surface area contributed by atoms with E-state index in [1.165, 1.54) is 0 Å². The quantitative estimate of drug-likeness (QED) is 0.691. The van der Waals surface area contributed by atoms with E-state index in [1.807, 2.05) is 0 Å². The largest absolute Gasteiger partial charge is 0.395 e. The molecule has 0 spiro atoms. The van der Waals surface area contributed by atoms with Gasteiger partial charge in [0.1, 0.15) is 0 Å². The summed E-state index contributed by atoms with van der Waals surface area (Å²) in [4.78, 5) is 11.8. The van der Waals surface area contributed by atoms with Crippen LogP contribution >= 0.6 is 0 Å². The number of aromatic nitrogens is 2. The SMILES string of the molecule is Cc1[nH]nc(C(=O)NCC2CC=CCC2)c1N. The van der Waals surface area contributed by atoms with E-state index >= 15 is 0 Å². The zero-order valence-corrected chi connectivity index (χ0v) is 9.99. The van der Waals surface area contributed by atoms with Crippen molar-refractivity contribution in [2.24, 2.45) is 5.92 Å². The van der Waals surface area contributed by atoms with Crippen LogP contribution in [0.5, 0.6) is 0 Å². The third-order valence-corrected chi connectivity index (χ3v) is 3.14. The minimum absolute atomic E-state index is 0.193. The Morgan fingerprint density at radius 1 is 1.65 bits per heavy atom. The Morgan fingerprint density at radius 2 is 2.47 bits per heavy atom. The number of nitrogens with two attached hydrogens (primary N) is 1. The number of H-pyrrole nitrogens is 1. The molecule has 2 rings (SSSR count). The fraction of sp³-hybridized carbons (Fsp3) is 0.500. The molecule has 1 aliphatic carbocycles. The second-order valence-electron chi connectivity index (χ2n) is 4.47. The monoisotopic (exact) mass is 234 g/mol. The minimum Gasteiger partial charge on any atom is -0.395 e. The van der Waals surface area contributed by atoms with Gasteiger partial charge in [0.05, 0.1) is 11.4 Å². The standard InChI is InChI=1S/C12H18N4O/c1-8-10(13)11(16-15-8)12(17)14-7-9-5-3-2-4-6-9/h2-3,9H,4-7,13H2,1H3,(H,14,17)(H,15,16). The van der Waals surface area contributed by atoms with Crippen LogP contribution in [0.2, 0.25) is 0 Å². The topological polar surface area (TPSA) is 83.8 Å². The number of carbonyl (C=O) groups is 1. The summed E-state index contributed by atoms with van der Waals surface area (Å²) in [5.74, 6) is 0.339. The number of nitrogens with one attached hydrogen (secondary N) is 2. The molecule has 0 saturated heterocycles. The predicted octanol–water partition coefficient (Wildman–Crippen LogP) is 1.39. The molecule has 1 aromatic rings. The van der Waals surface area contributed by atoms with Gasteiger partial charge in [-0.05, 0) is 32.1 Å². The molecule has 5 nitrogen and oxygen atoms in total. The Kier molecular flexibility index (Phi) is 3.46. The molecule has 0 aromatic carbocycles. The van der Waals surface area contributed by atoms with Crippen LogP contribution in [0.4, 0.5) is 5.69 Å². The molecule has 0 radical (unpaired) electrons. The summed E-state index contributed by atoms with van der Waals surface area (Å²) < 4.78 is 0. The lowest BCUT2D eigenvalue weighted by atomic mass is 9.94. The van der Waals surface area contributed by atoms with Gasteiger partial charge in [-0.1, -0.05) is 12.2 Å². The van der Waals surface area contributed by atoms with Crippen LogP contribution in [0.25, 0.3) is 0 Å². The van der Waals surface area contributed by atoms with E-state index in [-0.39, 0.29) is 5.91 Å².